The van der Waals surface area contributed by atoms with Crippen molar-refractivity contribution in [2.75, 3.05) is 7.05 Å². The van der Waals surface area contributed by atoms with Crippen LogP contribution in [-0.2, 0) is 10.8 Å². The van der Waals surface area contributed by atoms with Crippen molar-refractivity contribution in [3.05, 3.63) is 35.9 Å². The molecular weight excluding hydrogens is 278 g/mol. The molecule has 0 saturated heterocycles. The lowest BCUT2D eigenvalue weighted by atomic mass is 9.96. The molecule has 3 unspecified atom stereocenters. The summed E-state index contributed by atoms with van der Waals surface area (Å²) in [6.07, 6.45) is 6.09. The number of hydrogen-bond acceptors (Lipinski definition) is 2. The van der Waals surface area contributed by atoms with E-state index in [2.05, 4.69) is 43.4 Å². The van der Waals surface area contributed by atoms with Crippen LogP contribution in [0, 0.1) is 5.92 Å². The second kappa shape index (κ2) is 8.09. The molecule has 0 amide bonds. The first-order chi connectivity index (χ1) is 10.1. The lowest BCUT2D eigenvalue weighted by Crippen LogP contribution is -2.40. The van der Waals surface area contributed by atoms with Gasteiger partial charge in [-0.1, -0.05) is 63.4 Å². The fraction of sp³-hybridized carbons (Fsp3) is 0.667. The summed E-state index contributed by atoms with van der Waals surface area (Å²) in [6.45, 7) is 4.41. The van der Waals surface area contributed by atoms with E-state index in [0.29, 0.717) is 11.2 Å². The fourth-order valence-corrected chi connectivity index (χ4v) is 5.83. The van der Waals surface area contributed by atoms with Gasteiger partial charge in [-0.05, 0) is 31.4 Å². The SMILES string of the molecule is CNC(c1ccccc1)C(C(C)C)S(=O)C1CCCCC1. The van der Waals surface area contributed by atoms with Crippen LogP contribution < -0.4 is 5.32 Å². The van der Waals surface area contributed by atoms with Crippen LogP contribution in [-0.4, -0.2) is 21.8 Å². The van der Waals surface area contributed by atoms with E-state index >= 15 is 0 Å². The monoisotopic (exact) mass is 307 g/mol. The van der Waals surface area contributed by atoms with E-state index in [9.17, 15) is 4.21 Å². The van der Waals surface area contributed by atoms with Crippen LogP contribution in [0.3, 0.4) is 0 Å². The van der Waals surface area contributed by atoms with Crippen molar-refractivity contribution in [3.8, 4) is 0 Å². The Hall–Kier alpha value is -0.670. The zero-order valence-corrected chi connectivity index (χ0v) is 14.4. The number of rotatable bonds is 6. The molecule has 1 aromatic carbocycles. The predicted molar refractivity (Wildman–Crippen MR) is 91.9 cm³/mol. The maximum atomic E-state index is 13.2. The maximum absolute atomic E-state index is 13.2. The first-order valence-electron chi connectivity index (χ1n) is 8.26. The molecule has 1 aliphatic carbocycles. The van der Waals surface area contributed by atoms with Crippen molar-refractivity contribution in [3.63, 3.8) is 0 Å². The number of hydrogen-bond donors (Lipinski definition) is 1. The third kappa shape index (κ3) is 4.17. The van der Waals surface area contributed by atoms with Gasteiger partial charge in [-0.3, -0.25) is 4.21 Å². The van der Waals surface area contributed by atoms with Crippen molar-refractivity contribution in [1.29, 1.82) is 0 Å². The smallest absolute Gasteiger partial charge is 0.0568 e. The lowest BCUT2D eigenvalue weighted by Gasteiger charge is -2.34. The van der Waals surface area contributed by atoms with E-state index in [0.717, 1.165) is 12.8 Å². The molecule has 1 fully saturated rings. The summed E-state index contributed by atoms with van der Waals surface area (Å²) in [6, 6.07) is 10.7. The largest absolute Gasteiger partial charge is 0.312 e. The highest BCUT2D eigenvalue weighted by Gasteiger charge is 2.34. The zero-order valence-electron chi connectivity index (χ0n) is 13.5. The highest BCUT2D eigenvalue weighted by atomic mass is 32.2. The van der Waals surface area contributed by atoms with Gasteiger partial charge in [0.25, 0.3) is 0 Å². The first-order valence-corrected chi connectivity index (χ1v) is 9.54. The lowest BCUT2D eigenvalue weighted by molar-refractivity contribution is 0.445. The standard InChI is InChI=1S/C18H29NOS/c1-14(2)18(21(20)16-12-8-5-9-13-16)17(19-3)15-10-6-4-7-11-15/h4,6-7,10-11,14,16-19H,5,8-9,12-13H2,1-3H3. The van der Waals surface area contributed by atoms with E-state index in [-0.39, 0.29) is 11.3 Å². The maximum Gasteiger partial charge on any atom is 0.0568 e. The zero-order chi connectivity index (χ0) is 15.2. The van der Waals surface area contributed by atoms with Crippen LogP contribution in [0.4, 0.5) is 0 Å². The molecule has 0 radical (unpaired) electrons. The normalized spacial score (nSPS) is 21.1. The molecule has 3 atom stereocenters. The molecule has 1 saturated carbocycles. The molecule has 3 heteroatoms. The molecule has 0 aromatic heterocycles. The first kappa shape index (κ1) is 16.7. The Morgan fingerprint density at radius 1 is 1.10 bits per heavy atom. The predicted octanol–water partition coefficient (Wildman–Crippen LogP) is 4.05. The Balaban J connectivity index is 2.22. The van der Waals surface area contributed by atoms with Gasteiger partial charge in [0.15, 0.2) is 0 Å². The molecule has 2 nitrogen and oxygen atoms in total. The van der Waals surface area contributed by atoms with Gasteiger partial charge in [0.1, 0.15) is 0 Å². The summed E-state index contributed by atoms with van der Waals surface area (Å²) in [5.74, 6) is 0.408. The van der Waals surface area contributed by atoms with E-state index < -0.39 is 10.8 Å². The van der Waals surface area contributed by atoms with E-state index in [4.69, 9.17) is 0 Å². The highest BCUT2D eigenvalue weighted by molar-refractivity contribution is 7.86. The summed E-state index contributed by atoms with van der Waals surface area (Å²) in [7, 11) is 1.22. The van der Waals surface area contributed by atoms with Crippen molar-refractivity contribution < 1.29 is 4.21 Å². The van der Waals surface area contributed by atoms with Crippen molar-refractivity contribution in [2.45, 2.75) is 62.5 Å². The average Bonchev–Trinajstić information content (AvgIpc) is 2.53. The molecule has 1 aliphatic rings. The third-order valence-electron chi connectivity index (χ3n) is 4.60. The minimum Gasteiger partial charge on any atom is -0.312 e. The Bertz CT molecular complexity index is 440. The molecule has 21 heavy (non-hydrogen) atoms. The Labute approximate surface area is 132 Å². The second-order valence-corrected chi connectivity index (χ2v) is 8.34. The Morgan fingerprint density at radius 2 is 1.71 bits per heavy atom. The topological polar surface area (TPSA) is 29.1 Å². The van der Waals surface area contributed by atoms with Gasteiger partial charge in [0.05, 0.1) is 5.25 Å². The van der Waals surface area contributed by atoms with Gasteiger partial charge in [0.2, 0.25) is 0 Å². The highest BCUT2D eigenvalue weighted by Crippen LogP contribution is 2.32. The minimum atomic E-state index is -0.767. The summed E-state index contributed by atoms with van der Waals surface area (Å²) >= 11 is 0. The van der Waals surface area contributed by atoms with Gasteiger partial charge in [-0.25, -0.2) is 0 Å². The van der Waals surface area contributed by atoms with E-state index in [1.165, 1.54) is 24.8 Å². The van der Waals surface area contributed by atoms with Gasteiger partial charge < -0.3 is 5.32 Å². The molecule has 0 heterocycles. The van der Waals surface area contributed by atoms with Gasteiger partial charge in [0, 0.05) is 22.1 Å². The molecule has 0 spiro atoms. The van der Waals surface area contributed by atoms with Gasteiger partial charge in [-0.15, -0.1) is 0 Å². The summed E-state index contributed by atoms with van der Waals surface area (Å²) < 4.78 is 13.2. The molecule has 0 aliphatic heterocycles. The van der Waals surface area contributed by atoms with Crippen LogP contribution in [0.25, 0.3) is 0 Å². The third-order valence-corrected chi connectivity index (χ3v) is 7.09. The number of nitrogens with one attached hydrogen (secondary N) is 1. The fourth-order valence-electron chi connectivity index (χ4n) is 3.49. The molecule has 0 bridgehead atoms. The molecule has 118 valence electrons. The average molecular weight is 308 g/mol. The summed E-state index contributed by atoms with van der Waals surface area (Å²) in [5, 5.41) is 4.00. The van der Waals surface area contributed by atoms with E-state index in [1.54, 1.807) is 0 Å². The quantitative estimate of drug-likeness (QED) is 0.859. The Kier molecular flexibility index (Phi) is 6.43. The van der Waals surface area contributed by atoms with Crippen molar-refractivity contribution in [1.82, 2.24) is 5.32 Å². The van der Waals surface area contributed by atoms with E-state index in [1.807, 2.05) is 13.1 Å². The molecule has 2 rings (SSSR count). The molecule has 1 aromatic rings. The van der Waals surface area contributed by atoms with Gasteiger partial charge >= 0.3 is 0 Å². The summed E-state index contributed by atoms with van der Waals surface area (Å²) in [5.41, 5.74) is 1.25. The number of benzene rings is 1. The Morgan fingerprint density at radius 3 is 2.24 bits per heavy atom. The van der Waals surface area contributed by atoms with Gasteiger partial charge in [-0.2, -0.15) is 0 Å². The van der Waals surface area contributed by atoms with Crippen molar-refractivity contribution >= 4 is 10.8 Å². The van der Waals surface area contributed by atoms with Crippen LogP contribution in [0.5, 0.6) is 0 Å². The molecule has 1 N–H and O–H groups in total. The van der Waals surface area contributed by atoms with Crippen LogP contribution in [0.2, 0.25) is 0 Å². The summed E-state index contributed by atoms with van der Waals surface area (Å²) in [4.78, 5) is 0. The minimum absolute atomic E-state index is 0.175. The van der Waals surface area contributed by atoms with Crippen LogP contribution in [0.15, 0.2) is 30.3 Å². The van der Waals surface area contributed by atoms with Crippen LogP contribution in [0.1, 0.15) is 57.6 Å². The van der Waals surface area contributed by atoms with Crippen LogP contribution >= 0.6 is 0 Å². The van der Waals surface area contributed by atoms with Crippen molar-refractivity contribution in [2.24, 2.45) is 5.92 Å². The molecular formula is C18H29NOS. The second-order valence-electron chi connectivity index (χ2n) is 6.47.